The van der Waals surface area contributed by atoms with Gasteiger partial charge in [-0.05, 0) is 51.2 Å². The van der Waals surface area contributed by atoms with Gasteiger partial charge in [0.1, 0.15) is 7.40 Å². The van der Waals surface area contributed by atoms with Gasteiger partial charge in [-0.3, -0.25) is 4.79 Å². The number of hydrogen-bond acceptors (Lipinski definition) is 2. The van der Waals surface area contributed by atoms with E-state index in [0.29, 0.717) is 3.70 Å². The molecule has 1 rings (SSSR count). The first-order chi connectivity index (χ1) is 6.43. The maximum atomic E-state index is 12.5. The second kappa shape index (κ2) is 4.64. The standard InChI is InChI=1S/C7H4F2I2N2O/c8-5(9)2-1-3(10)13-6(11)4(2)7(12)14/h1,5H,(H2,12,14). The number of carbonyl (C=O) groups excluding carboxylic acids is 1. The number of carbonyl (C=O) groups is 1. The monoisotopic (exact) mass is 424 g/mol. The number of hydrogen-bond donors (Lipinski definition) is 1. The molecule has 1 aromatic heterocycles. The van der Waals surface area contributed by atoms with Crippen LogP contribution in [0.5, 0.6) is 0 Å². The average molecular weight is 424 g/mol. The van der Waals surface area contributed by atoms with Crippen molar-refractivity contribution in [3.63, 3.8) is 0 Å². The van der Waals surface area contributed by atoms with Crippen LogP contribution in [-0.2, 0) is 0 Å². The van der Waals surface area contributed by atoms with E-state index in [1.807, 2.05) is 0 Å². The first-order valence-electron chi connectivity index (χ1n) is 3.37. The lowest BCUT2D eigenvalue weighted by Crippen LogP contribution is -2.17. The molecule has 0 saturated heterocycles. The number of pyridine rings is 1. The minimum absolute atomic E-state index is 0.194. The molecule has 0 aliphatic carbocycles. The summed E-state index contributed by atoms with van der Waals surface area (Å²) in [7, 11) is 0. The molecule has 0 aliphatic heterocycles. The molecule has 1 amide bonds. The topological polar surface area (TPSA) is 56.0 Å². The molecule has 0 unspecified atom stereocenters. The van der Waals surface area contributed by atoms with E-state index in [1.165, 1.54) is 0 Å². The molecule has 2 N–H and O–H groups in total. The fourth-order valence-electron chi connectivity index (χ4n) is 0.918. The van der Waals surface area contributed by atoms with E-state index in [9.17, 15) is 13.6 Å². The first-order valence-corrected chi connectivity index (χ1v) is 5.53. The van der Waals surface area contributed by atoms with Crippen molar-refractivity contribution in [1.29, 1.82) is 0 Å². The minimum Gasteiger partial charge on any atom is -0.366 e. The van der Waals surface area contributed by atoms with Gasteiger partial charge in [-0.1, -0.05) is 0 Å². The molecule has 0 saturated carbocycles. The lowest BCUT2D eigenvalue weighted by Gasteiger charge is -2.07. The molecular formula is C7H4F2I2N2O. The largest absolute Gasteiger partial charge is 0.366 e. The summed E-state index contributed by atoms with van der Waals surface area (Å²) in [5.74, 6) is -0.881. The molecule has 0 atom stereocenters. The van der Waals surface area contributed by atoms with E-state index in [4.69, 9.17) is 5.73 Å². The quantitative estimate of drug-likeness (QED) is 0.586. The Balaban J connectivity index is 3.44. The molecule has 0 radical (unpaired) electrons. The van der Waals surface area contributed by atoms with Crippen molar-refractivity contribution in [2.45, 2.75) is 6.43 Å². The van der Waals surface area contributed by atoms with Crippen molar-refractivity contribution in [3.05, 3.63) is 24.6 Å². The summed E-state index contributed by atoms with van der Waals surface area (Å²) in [6.45, 7) is 0. The van der Waals surface area contributed by atoms with Crippen LogP contribution in [0.1, 0.15) is 22.3 Å². The van der Waals surface area contributed by atoms with Gasteiger partial charge in [-0.15, -0.1) is 0 Å². The summed E-state index contributed by atoms with van der Waals surface area (Å²) in [6.07, 6.45) is -2.72. The third kappa shape index (κ3) is 2.49. The third-order valence-corrected chi connectivity index (χ3v) is 2.79. The summed E-state index contributed by atoms with van der Waals surface area (Å²) in [5.41, 5.74) is 4.43. The second-order valence-corrected chi connectivity index (χ2v) is 4.49. The summed E-state index contributed by atoms with van der Waals surface area (Å²) in [5, 5.41) is 0. The van der Waals surface area contributed by atoms with E-state index < -0.39 is 12.3 Å². The number of nitrogens with zero attached hydrogens (tertiary/aromatic N) is 1. The molecule has 1 heterocycles. The van der Waals surface area contributed by atoms with Crippen LogP contribution in [0.15, 0.2) is 6.07 Å². The molecule has 0 aliphatic rings. The van der Waals surface area contributed by atoms with Gasteiger partial charge in [0, 0.05) is 5.56 Å². The van der Waals surface area contributed by atoms with Crippen LogP contribution in [0.4, 0.5) is 8.78 Å². The van der Waals surface area contributed by atoms with Crippen molar-refractivity contribution < 1.29 is 13.6 Å². The predicted octanol–water partition coefficient (Wildman–Crippen LogP) is 2.33. The highest BCUT2D eigenvalue weighted by molar-refractivity contribution is 14.1. The zero-order valence-corrected chi connectivity index (χ0v) is 10.9. The molecule has 0 fully saturated rings. The zero-order valence-electron chi connectivity index (χ0n) is 6.60. The predicted molar refractivity (Wildman–Crippen MR) is 63.1 cm³/mol. The Morgan fingerprint density at radius 3 is 2.50 bits per heavy atom. The van der Waals surface area contributed by atoms with Crippen LogP contribution >= 0.6 is 45.2 Å². The zero-order chi connectivity index (χ0) is 10.9. The maximum absolute atomic E-state index is 12.5. The van der Waals surface area contributed by atoms with Gasteiger partial charge in [0.25, 0.3) is 12.3 Å². The molecule has 0 spiro atoms. The molecule has 14 heavy (non-hydrogen) atoms. The Kier molecular flexibility index (Phi) is 3.98. The summed E-state index contributed by atoms with van der Waals surface area (Å²) >= 11 is 3.51. The Morgan fingerprint density at radius 1 is 1.50 bits per heavy atom. The third-order valence-electron chi connectivity index (χ3n) is 1.46. The van der Waals surface area contributed by atoms with Crippen molar-refractivity contribution in [2.75, 3.05) is 0 Å². The smallest absolute Gasteiger partial charge is 0.264 e. The van der Waals surface area contributed by atoms with Crippen molar-refractivity contribution in [1.82, 2.24) is 4.98 Å². The highest BCUT2D eigenvalue weighted by atomic mass is 127. The molecule has 1 aromatic rings. The number of primary amides is 1. The molecule has 7 heteroatoms. The minimum atomic E-state index is -2.72. The van der Waals surface area contributed by atoms with Gasteiger partial charge < -0.3 is 5.73 Å². The normalized spacial score (nSPS) is 10.6. The van der Waals surface area contributed by atoms with E-state index in [1.54, 1.807) is 45.2 Å². The summed E-state index contributed by atoms with van der Waals surface area (Å²) in [4.78, 5) is 14.8. The van der Waals surface area contributed by atoms with Crippen molar-refractivity contribution in [2.24, 2.45) is 5.73 Å². The molecule has 0 aromatic carbocycles. The summed E-state index contributed by atoms with van der Waals surface area (Å²) in [6, 6.07) is 1.16. The van der Waals surface area contributed by atoms with Crippen LogP contribution in [0.3, 0.4) is 0 Å². The average Bonchev–Trinajstić information content (AvgIpc) is 2.01. The Morgan fingerprint density at radius 2 is 2.07 bits per heavy atom. The van der Waals surface area contributed by atoms with E-state index >= 15 is 0 Å². The van der Waals surface area contributed by atoms with Gasteiger partial charge in [-0.25, -0.2) is 13.8 Å². The van der Waals surface area contributed by atoms with Gasteiger partial charge in [0.2, 0.25) is 0 Å². The number of nitrogens with two attached hydrogens (primary N) is 1. The fourth-order valence-corrected chi connectivity index (χ4v) is 2.79. The van der Waals surface area contributed by atoms with Crippen LogP contribution < -0.4 is 5.73 Å². The number of alkyl halides is 2. The van der Waals surface area contributed by atoms with E-state index in [-0.39, 0.29) is 14.8 Å². The van der Waals surface area contributed by atoms with Crippen LogP contribution in [0, 0.1) is 7.40 Å². The lowest BCUT2D eigenvalue weighted by molar-refractivity contribution is 0.0984. The maximum Gasteiger partial charge on any atom is 0.264 e. The van der Waals surface area contributed by atoms with Crippen LogP contribution in [-0.4, -0.2) is 10.9 Å². The van der Waals surface area contributed by atoms with Gasteiger partial charge in [0.05, 0.1) is 5.56 Å². The van der Waals surface area contributed by atoms with Crippen LogP contribution in [0.25, 0.3) is 0 Å². The number of rotatable bonds is 2. The van der Waals surface area contributed by atoms with Gasteiger partial charge in [-0.2, -0.15) is 0 Å². The summed E-state index contributed by atoms with van der Waals surface area (Å²) < 4.78 is 25.6. The van der Waals surface area contributed by atoms with Gasteiger partial charge >= 0.3 is 0 Å². The fraction of sp³-hybridized carbons (Fsp3) is 0.143. The van der Waals surface area contributed by atoms with Crippen LogP contribution in [0.2, 0.25) is 0 Å². The lowest BCUT2D eigenvalue weighted by atomic mass is 10.1. The SMILES string of the molecule is NC(=O)c1c(C(F)F)cc(I)nc1I. The van der Waals surface area contributed by atoms with Crippen molar-refractivity contribution in [3.8, 4) is 0 Å². The molecule has 3 nitrogen and oxygen atoms in total. The Labute approximate surface area is 106 Å². The number of halogens is 4. The first kappa shape index (κ1) is 12.0. The Bertz CT molecular complexity index is 384. The Hall–Kier alpha value is -0.0600. The number of amides is 1. The van der Waals surface area contributed by atoms with Gasteiger partial charge in [0.15, 0.2) is 0 Å². The molecular weight excluding hydrogens is 420 g/mol. The molecule has 0 bridgehead atoms. The second-order valence-electron chi connectivity index (χ2n) is 2.36. The highest BCUT2D eigenvalue weighted by Crippen LogP contribution is 2.26. The number of aromatic nitrogens is 1. The van der Waals surface area contributed by atoms with Crippen molar-refractivity contribution >= 4 is 51.1 Å². The molecule has 76 valence electrons. The van der Waals surface area contributed by atoms with E-state index in [0.717, 1.165) is 6.07 Å². The van der Waals surface area contributed by atoms with E-state index in [2.05, 4.69) is 4.98 Å². The highest BCUT2D eigenvalue weighted by Gasteiger charge is 2.21.